The van der Waals surface area contributed by atoms with Gasteiger partial charge in [-0.2, -0.15) is 0 Å². The van der Waals surface area contributed by atoms with Gasteiger partial charge in [0.2, 0.25) is 0 Å². The third-order valence-corrected chi connectivity index (χ3v) is 3.71. The van der Waals surface area contributed by atoms with Gasteiger partial charge in [-0.15, -0.1) is 11.8 Å². The van der Waals surface area contributed by atoms with E-state index in [0.717, 1.165) is 4.90 Å². The van der Waals surface area contributed by atoms with E-state index >= 15 is 0 Å². The van der Waals surface area contributed by atoms with Gasteiger partial charge in [-0.25, -0.2) is 4.79 Å². The maximum atomic E-state index is 11.8. The van der Waals surface area contributed by atoms with E-state index in [9.17, 15) is 9.59 Å². The molecule has 1 aromatic carbocycles. The summed E-state index contributed by atoms with van der Waals surface area (Å²) >= 11 is 1.58. The zero-order chi connectivity index (χ0) is 16.5. The molecule has 0 spiro atoms. The van der Waals surface area contributed by atoms with Crippen LogP contribution in [0.4, 0.5) is 5.69 Å². The van der Waals surface area contributed by atoms with Gasteiger partial charge in [-0.05, 0) is 43.3 Å². The van der Waals surface area contributed by atoms with Crippen molar-refractivity contribution in [2.45, 2.75) is 11.8 Å². The van der Waals surface area contributed by atoms with E-state index in [1.807, 2.05) is 24.3 Å². The summed E-state index contributed by atoms with van der Waals surface area (Å²) in [5.74, 6) is 0.320. The van der Waals surface area contributed by atoms with Gasteiger partial charge < -0.3 is 14.5 Å². The molecule has 0 saturated carbocycles. The van der Waals surface area contributed by atoms with E-state index in [-0.39, 0.29) is 17.6 Å². The predicted molar refractivity (Wildman–Crippen MR) is 89.6 cm³/mol. The van der Waals surface area contributed by atoms with Crippen LogP contribution in [0.15, 0.2) is 64.1 Å². The molecule has 1 N–H and O–H groups in total. The monoisotopic (exact) mass is 331 g/mol. The van der Waals surface area contributed by atoms with E-state index in [4.69, 9.17) is 9.15 Å². The van der Waals surface area contributed by atoms with Crippen molar-refractivity contribution in [3.05, 3.63) is 60.6 Å². The van der Waals surface area contributed by atoms with Crippen molar-refractivity contribution in [3.8, 4) is 0 Å². The molecule has 0 aliphatic rings. The molecular weight excluding hydrogens is 314 g/mol. The lowest BCUT2D eigenvalue weighted by Gasteiger charge is -2.04. The first-order valence-corrected chi connectivity index (χ1v) is 8.08. The maximum absolute atomic E-state index is 11.8. The number of ether oxygens (including phenoxy) is 1. The van der Waals surface area contributed by atoms with E-state index in [1.165, 1.54) is 12.3 Å². The molecule has 0 atom stereocenters. The Bertz CT molecular complexity index is 662. The van der Waals surface area contributed by atoms with Crippen molar-refractivity contribution in [1.82, 2.24) is 0 Å². The van der Waals surface area contributed by atoms with Crippen molar-refractivity contribution in [2.24, 2.45) is 0 Å². The van der Waals surface area contributed by atoms with Crippen molar-refractivity contribution in [2.75, 3.05) is 17.7 Å². The zero-order valence-corrected chi connectivity index (χ0v) is 13.5. The molecule has 1 heterocycles. The molecule has 0 bridgehead atoms. The molecule has 0 saturated heterocycles. The van der Waals surface area contributed by atoms with Crippen LogP contribution in [0.25, 0.3) is 0 Å². The number of nitrogens with one attached hydrogen (secondary N) is 1. The molecule has 23 heavy (non-hydrogen) atoms. The third-order valence-electron chi connectivity index (χ3n) is 2.74. The fourth-order valence-corrected chi connectivity index (χ4v) is 2.43. The highest BCUT2D eigenvalue weighted by atomic mass is 32.2. The SMILES string of the molecule is CCOC(=O)/C=C/CSc1ccc(NC(=O)c2ccco2)cc1. The van der Waals surface area contributed by atoms with Gasteiger partial charge >= 0.3 is 5.97 Å². The minimum absolute atomic E-state index is 0.271. The first-order valence-electron chi connectivity index (χ1n) is 7.10. The van der Waals surface area contributed by atoms with E-state index in [1.54, 1.807) is 36.9 Å². The lowest BCUT2D eigenvalue weighted by Crippen LogP contribution is -2.10. The lowest BCUT2D eigenvalue weighted by atomic mass is 10.3. The van der Waals surface area contributed by atoms with Crippen LogP contribution >= 0.6 is 11.8 Å². The number of anilines is 1. The molecule has 2 rings (SSSR count). The third kappa shape index (κ3) is 5.67. The van der Waals surface area contributed by atoms with Gasteiger partial charge in [0.1, 0.15) is 0 Å². The number of carbonyl (C=O) groups is 2. The number of amides is 1. The van der Waals surface area contributed by atoms with E-state index < -0.39 is 0 Å². The number of carbonyl (C=O) groups excluding carboxylic acids is 2. The van der Waals surface area contributed by atoms with Crippen LogP contribution < -0.4 is 5.32 Å². The summed E-state index contributed by atoms with van der Waals surface area (Å²) in [5.41, 5.74) is 0.692. The number of benzene rings is 1. The molecule has 0 unspecified atom stereocenters. The van der Waals surface area contributed by atoms with Crippen molar-refractivity contribution >= 4 is 29.3 Å². The predicted octanol–water partition coefficient (Wildman–Crippen LogP) is 3.74. The van der Waals surface area contributed by atoms with Crippen LogP contribution in [-0.2, 0) is 9.53 Å². The minimum atomic E-state index is -0.330. The summed E-state index contributed by atoms with van der Waals surface area (Å²) in [5, 5.41) is 2.75. The smallest absolute Gasteiger partial charge is 0.330 e. The van der Waals surface area contributed by atoms with Gasteiger partial charge in [-0.3, -0.25) is 4.79 Å². The molecule has 6 heteroatoms. The summed E-state index contributed by atoms with van der Waals surface area (Å²) in [6.45, 7) is 2.15. The van der Waals surface area contributed by atoms with Gasteiger partial charge in [0.25, 0.3) is 5.91 Å². The Morgan fingerprint density at radius 2 is 2.04 bits per heavy atom. The number of hydrogen-bond acceptors (Lipinski definition) is 5. The van der Waals surface area contributed by atoms with Crippen LogP contribution in [0.2, 0.25) is 0 Å². The molecule has 0 radical (unpaired) electrons. The van der Waals surface area contributed by atoms with E-state index in [2.05, 4.69) is 5.32 Å². The van der Waals surface area contributed by atoms with Crippen LogP contribution in [-0.4, -0.2) is 24.2 Å². The zero-order valence-electron chi connectivity index (χ0n) is 12.7. The number of furan rings is 1. The van der Waals surface area contributed by atoms with E-state index in [0.29, 0.717) is 18.0 Å². The second-order valence-electron chi connectivity index (χ2n) is 4.42. The standard InChI is InChI=1S/C17H17NO4S/c1-2-21-16(19)6-4-12-23-14-9-7-13(8-10-14)18-17(20)15-5-3-11-22-15/h3-11H,2,12H2,1H3,(H,18,20)/b6-4+. The molecule has 120 valence electrons. The number of thioether (sulfide) groups is 1. The van der Waals surface area contributed by atoms with Crippen LogP contribution in [0.1, 0.15) is 17.5 Å². The van der Waals surface area contributed by atoms with Crippen LogP contribution in [0.3, 0.4) is 0 Å². The molecule has 0 fully saturated rings. The average molecular weight is 331 g/mol. The molecular formula is C17H17NO4S. The largest absolute Gasteiger partial charge is 0.463 e. The molecule has 1 amide bonds. The lowest BCUT2D eigenvalue weighted by molar-refractivity contribution is -0.137. The highest BCUT2D eigenvalue weighted by Gasteiger charge is 2.08. The Morgan fingerprint density at radius 1 is 1.26 bits per heavy atom. The number of rotatable bonds is 7. The normalized spacial score (nSPS) is 10.7. The molecule has 0 aliphatic heterocycles. The maximum Gasteiger partial charge on any atom is 0.330 e. The second-order valence-corrected chi connectivity index (χ2v) is 5.51. The Balaban J connectivity index is 1.80. The Kier molecular flexibility index (Phi) is 6.50. The topological polar surface area (TPSA) is 68.5 Å². The average Bonchev–Trinajstić information content (AvgIpc) is 3.08. The summed E-state index contributed by atoms with van der Waals surface area (Å²) in [6, 6.07) is 10.7. The Labute approximate surface area is 138 Å². The summed E-state index contributed by atoms with van der Waals surface area (Å²) < 4.78 is 9.83. The quantitative estimate of drug-likeness (QED) is 0.475. The van der Waals surface area contributed by atoms with Crippen molar-refractivity contribution < 1.29 is 18.7 Å². The first kappa shape index (κ1) is 16.9. The Hall–Kier alpha value is -2.47. The highest BCUT2D eigenvalue weighted by Crippen LogP contribution is 2.20. The number of esters is 1. The summed E-state index contributed by atoms with van der Waals surface area (Å²) in [7, 11) is 0. The van der Waals surface area contributed by atoms with Gasteiger partial charge in [0.15, 0.2) is 5.76 Å². The molecule has 2 aromatic rings. The van der Waals surface area contributed by atoms with Gasteiger partial charge in [0, 0.05) is 22.4 Å². The van der Waals surface area contributed by atoms with Crippen molar-refractivity contribution in [3.63, 3.8) is 0 Å². The fraction of sp³-hybridized carbons (Fsp3) is 0.176. The first-order chi connectivity index (χ1) is 11.2. The second kappa shape index (κ2) is 8.85. The number of hydrogen-bond donors (Lipinski definition) is 1. The fourth-order valence-electron chi connectivity index (χ4n) is 1.71. The van der Waals surface area contributed by atoms with Gasteiger partial charge in [-0.1, -0.05) is 6.08 Å². The molecule has 0 aliphatic carbocycles. The molecule has 1 aromatic heterocycles. The van der Waals surface area contributed by atoms with Crippen molar-refractivity contribution in [1.29, 1.82) is 0 Å². The minimum Gasteiger partial charge on any atom is -0.463 e. The van der Waals surface area contributed by atoms with Gasteiger partial charge in [0.05, 0.1) is 12.9 Å². The van der Waals surface area contributed by atoms with Crippen LogP contribution in [0.5, 0.6) is 0 Å². The molecule has 5 nitrogen and oxygen atoms in total. The summed E-state index contributed by atoms with van der Waals surface area (Å²) in [6.07, 6.45) is 4.64. The Morgan fingerprint density at radius 3 is 2.70 bits per heavy atom. The summed E-state index contributed by atoms with van der Waals surface area (Å²) in [4.78, 5) is 24.0. The van der Waals surface area contributed by atoms with Crippen LogP contribution in [0, 0.1) is 0 Å². The highest BCUT2D eigenvalue weighted by molar-refractivity contribution is 7.99.